The van der Waals surface area contributed by atoms with E-state index in [0.29, 0.717) is 10.2 Å². The van der Waals surface area contributed by atoms with Gasteiger partial charge in [-0.1, -0.05) is 17.2 Å². The molecule has 0 aliphatic rings. The number of hydrogen-bond acceptors (Lipinski definition) is 3. The standard InChI is InChI=1S/C14H19FN3O/c1-11(19)14-12(6-5-7-13(14)15)10-16-8-9-17-18(2,3)4/h5-9H,10H2,1-4H3/q+1/b16-8?,17-9+. The molecule has 0 saturated carbocycles. The molecule has 0 saturated heterocycles. The van der Waals surface area contributed by atoms with Crippen molar-refractivity contribution in [3.05, 3.63) is 35.1 Å². The summed E-state index contributed by atoms with van der Waals surface area (Å²) >= 11 is 0. The first-order chi connectivity index (χ1) is 8.81. The van der Waals surface area contributed by atoms with Gasteiger partial charge in [0.05, 0.1) is 33.3 Å². The second-order valence-electron chi connectivity index (χ2n) is 5.03. The molecule has 0 bridgehead atoms. The molecule has 0 amide bonds. The third kappa shape index (κ3) is 5.09. The summed E-state index contributed by atoms with van der Waals surface area (Å²) in [4.78, 5) is 15.5. The van der Waals surface area contributed by atoms with Crippen molar-refractivity contribution in [2.24, 2.45) is 10.1 Å². The SMILES string of the molecule is CC(=O)c1c(F)cccc1CN=C/C=N/[N+](C)(C)C. The predicted molar refractivity (Wildman–Crippen MR) is 75.1 cm³/mol. The van der Waals surface area contributed by atoms with Crippen LogP contribution in [-0.4, -0.2) is 43.9 Å². The highest BCUT2D eigenvalue weighted by molar-refractivity contribution is 6.15. The second kappa shape index (κ2) is 6.33. The molecule has 0 spiro atoms. The summed E-state index contributed by atoms with van der Waals surface area (Å²) in [6.45, 7) is 1.61. The Balaban J connectivity index is 2.79. The van der Waals surface area contributed by atoms with Crippen molar-refractivity contribution in [2.45, 2.75) is 13.5 Å². The highest BCUT2D eigenvalue weighted by Gasteiger charge is 2.11. The molecule has 1 aromatic carbocycles. The summed E-state index contributed by atoms with van der Waals surface area (Å²) < 4.78 is 14.0. The molecular formula is C14H19FN3O+. The number of carbonyl (C=O) groups excluding carboxylic acids is 1. The number of rotatable bonds is 5. The smallest absolute Gasteiger partial charge is 0.163 e. The lowest BCUT2D eigenvalue weighted by Crippen LogP contribution is -2.27. The normalized spacial score (nSPS) is 12.5. The Morgan fingerprint density at radius 3 is 2.58 bits per heavy atom. The predicted octanol–water partition coefficient (Wildman–Crippen LogP) is 2.29. The molecule has 0 aromatic heterocycles. The quantitative estimate of drug-likeness (QED) is 0.348. The molecule has 19 heavy (non-hydrogen) atoms. The maximum atomic E-state index is 13.5. The monoisotopic (exact) mass is 264 g/mol. The molecule has 0 fully saturated rings. The third-order valence-corrected chi connectivity index (χ3v) is 2.30. The molecule has 0 radical (unpaired) electrons. The van der Waals surface area contributed by atoms with Gasteiger partial charge < -0.3 is 0 Å². The van der Waals surface area contributed by atoms with Crippen molar-refractivity contribution in [3.8, 4) is 0 Å². The van der Waals surface area contributed by atoms with Crippen molar-refractivity contribution < 1.29 is 13.8 Å². The minimum atomic E-state index is -0.500. The van der Waals surface area contributed by atoms with Gasteiger partial charge in [0.1, 0.15) is 12.0 Å². The van der Waals surface area contributed by atoms with Crippen LogP contribution in [0.4, 0.5) is 4.39 Å². The summed E-state index contributed by atoms with van der Waals surface area (Å²) in [5.41, 5.74) is 0.700. The average Bonchev–Trinajstić information content (AvgIpc) is 2.26. The van der Waals surface area contributed by atoms with Crippen molar-refractivity contribution >= 4 is 18.2 Å². The number of quaternary nitrogens is 1. The second-order valence-corrected chi connectivity index (χ2v) is 5.03. The van der Waals surface area contributed by atoms with E-state index in [-0.39, 0.29) is 17.9 Å². The first-order valence-corrected chi connectivity index (χ1v) is 5.95. The van der Waals surface area contributed by atoms with Crippen LogP contribution in [0.15, 0.2) is 28.3 Å². The summed E-state index contributed by atoms with van der Waals surface area (Å²) in [6.07, 6.45) is 3.14. The van der Waals surface area contributed by atoms with E-state index in [9.17, 15) is 9.18 Å². The minimum absolute atomic E-state index is 0.114. The van der Waals surface area contributed by atoms with Crippen LogP contribution in [0.25, 0.3) is 0 Å². The van der Waals surface area contributed by atoms with Gasteiger partial charge in [-0.3, -0.25) is 9.79 Å². The van der Waals surface area contributed by atoms with Gasteiger partial charge >= 0.3 is 0 Å². The third-order valence-electron chi connectivity index (χ3n) is 2.30. The molecule has 4 nitrogen and oxygen atoms in total. The zero-order chi connectivity index (χ0) is 14.5. The molecule has 0 heterocycles. The molecule has 1 aromatic rings. The van der Waals surface area contributed by atoms with Crippen molar-refractivity contribution in [3.63, 3.8) is 0 Å². The highest BCUT2D eigenvalue weighted by Crippen LogP contribution is 2.15. The van der Waals surface area contributed by atoms with Crippen molar-refractivity contribution in [1.82, 2.24) is 0 Å². The summed E-state index contributed by atoms with van der Waals surface area (Å²) in [5, 5.41) is 4.18. The summed E-state index contributed by atoms with van der Waals surface area (Å²) in [7, 11) is 5.76. The maximum Gasteiger partial charge on any atom is 0.163 e. The van der Waals surface area contributed by atoms with Gasteiger partial charge in [-0.25, -0.2) is 8.98 Å². The number of aliphatic imine (C=N–C) groups is 1. The Bertz CT molecular complexity index is 516. The molecule has 0 aliphatic heterocycles. The lowest BCUT2D eigenvalue weighted by atomic mass is 10.0. The Morgan fingerprint density at radius 2 is 2.00 bits per heavy atom. The van der Waals surface area contributed by atoms with E-state index < -0.39 is 5.82 Å². The molecule has 0 unspecified atom stereocenters. The van der Waals surface area contributed by atoms with E-state index in [2.05, 4.69) is 10.1 Å². The van der Waals surface area contributed by atoms with Crippen LogP contribution in [0.5, 0.6) is 0 Å². The van der Waals surface area contributed by atoms with Crippen LogP contribution >= 0.6 is 0 Å². The van der Waals surface area contributed by atoms with Gasteiger partial charge in [-0.15, -0.1) is 0 Å². The fourth-order valence-corrected chi connectivity index (χ4v) is 1.52. The molecule has 5 heteroatoms. The highest BCUT2D eigenvalue weighted by atomic mass is 19.1. The number of nitrogens with zero attached hydrogens (tertiary/aromatic N) is 3. The van der Waals surface area contributed by atoms with Crippen LogP contribution in [0.2, 0.25) is 0 Å². The van der Waals surface area contributed by atoms with E-state index in [4.69, 9.17) is 0 Å². The van der Waals surface area contributed by atoms with Crippen molar-refractivity contribution in [2.75, 3.05) is 21.1 Å². The first kappa shape index (κ1) is 15.2. The van der Waals surface area contributed by atoms with Gasteiger partial charge in [0.2, 0.25) is 0 Å². The Labute approximate surface area is 112 Å². The Kier molecular flexibility index (Phi) is 5.06. The molecule has 0 N–H and O–H groups in total. The Morgan fingerprint density at radius 1 is 1.32 bits per heavy atom. The number of Topliss-reactive ketones (excluding diaryl/α,β-unsaturated/α-hetero) is 1. The van der Waals surface area contributed by atoms with Gasteiger partial charge in [-0.2, -0.15) is 0 Å². The molecular weight excluding hydrogens is 245 g/mol. The molecule has 1 rings (SSSR count). The van der Waals surface area contributed by atoms with Crippen LogP contribution in [0, 0.1) is 5.82 Å². The topological polar surface area (TPSA) is 41.8 Å². The average molecular weight is 264 g/mol. The van der Waals surface area contributed by atoms with Gasteiger partial charge in [0, 0.05) is 6.21 Å². The van der Waals surface area contributed by atoms with Crippen LogP contribution in [0.1, 0.15) is 22.8 Å². The lowest BCUT2D eigenvalue weighted by molar-refractivity contribution is -0.876. The number of ketones is 1. The minimum Gasteiger partial charge on any atom is -0.294 e. The lowest BCUT2D eigenvalue weighted by Gasteiger charge is -2.13. The van der Waals surface area contributed by atoms with Gasteiger partial charge in [0.15, 0.2) is 5.78 Å². The molecule has 0 atom stereocenters. The Hall–Kier alpha value is -1.88. The maximum absolute atomic E-state index is 13.5. The van der Waals surface area contributed by atoms with Crippen molar-refractivity contribution in [1.29, 1.82) is 0 Å². The zero-order valence-corrected chi connectivity index (χ0v) is 11.7. The molecule has 0 aliphatic carbocycles. The van der Waals surface area contributed by atoms with Gasteiger partial charge in [-0.05, 0) is 18.6 Å². The summed E-state index contributed by atoms with van der Waals surface area (Å²) in [6, 6.07) is 4.56. The zero-order valence-electron chi connectivity index (χ0n) is 11.7. The van der Waals surface area contributed by atoms with Crippen LogP contribution in [0.3, 0.4) is 0 Å². The van der Waals surface area contributed by atoms with E-state index in [0.717, 1.165) is 0 Å². The summed E-state index contributed by atoms with van der Waals surface area (Å²) in [5.74, 6) is -0.788. The fraction of sp³-hybridized carbons (Fsp3) is 0.357. The van der Waals surface area contributed by atoms with E-state index in [1.807, 2.05) is 21.1 Å². The van der Waals surface area contributed by atoms with E-state index in [1.165, 1.54) is 13.0 Å². The largest absolute Gasteiger partial charge is 0.294 e. The number of benzene rings is 1. The number of hydrogen-bond donors (Lipinski definition) is 0. The first-order valence-electron chi connectivity index (χ1n) is 5.95. The number of carbonyl (C=O) groups is 1. The van der Waals surface area contributed by atoms with Crippen LogP contribution < -0.4 is 0 Å². The van der Waals surface area contributed by atoms with Gasteiger partial charge in [0.25, 0.3) is 0 Å². The number of halogens is 1. The van der Waals surface area contributed by atoms with Crippen LogP contribution in [-0.2, 0) is 6.54 Å². The molecule has 102 valence electrons. The van der Waals surface area contributed by atoms with E-state index >= 15 is 0 Å². The van der Waals surface area contributed by atoms with E-state index in [1.54, 1.807) is 24.6 Å². The fourth-order valence-electron chi connectivity index (χ4n) is 1.52.